The molecule has 0 radical (unpaired) electrons. The SMILES string of the molecule is CCNC(=NCC(CCO)CC(C)C)NCCOc1ncccc1C(F)(F)F.I. The van der Waals surface area contributed by atoms with E-state index >= 15 is 0 Å². The first-order valence-electron chi connectivity index (χ1n) is 9.55. The van der Waals surface area contributed by atoms with Gasteiger partial charge in [-0.15, -0.1) is 24.0 Å². The van der Waals surface area contributed by atoms with Crippen LogP contribution in [0.3, 0.4) is 0 Å². The highest BCUT2D eigenvalue weighted by molar-refractivity contribution is 14.0. The summed E-state index contributed by atoms with van der Waals surface area (Å²) in [7, 11) is 0. The molecule has 1 rings (SSSR count). The third kappa shape index (κ3) is 11.5. The van der Waals surface area contributed by atoms with Crippen molar-refractivity contribution in [2.75, 3.05) is 32.8 Å². The Hall–Kier alpha value is -1.30. The van der Waals surface area contributed by atoms with Gasteiger partial charge in [0.2, 0.25) is 5.88 Å². The Kier molecular flexibility index (Phi) is 14.0. The summed E-state index contributed by atoms with van der Waals surface area (Å²) in [5, 5.41) is 15.3. The van der Waals surface area contributed by atoms with Crippen LogP contribution >= 0.6 is 24.0 Å². The second-order valence-corrected chi connectivity index (χ2v) is 6.86. The van der Waals surface area contributed by atoms with E-state index in [1.807, 2.05) is 6.92 Å². The largest absolute Gasteiger partial charge is 0.475 e. The highest BCUT2D eigenvalue weighted by atomic mass is 127. The Morgan fingerprint density at radius 1 is 1.31 bits per heavy atom. The van der Waals surface area contributed by atoms with Crippen molar-refractivity contribution in [3.63, 3.8) is 0 Å². The fourth-order valence-electron chi connectivity index (χ4n) is 2.73. The van der Waals surface area contributed by atoms with Crippen LogP contribution in [0.2, 0.25) is 0 Å². The molecule has 1 aromatic heterocycles. The summed E-state index contributed by atoms with van der Waals surface area (Å²) < 4.78 is 44.0. The first-order valence-corrected chi connectivity index (χ1v) is 9.55. The lowest BCUT2D eigenvalue weighted by molar-refractivity contribution is -0.139. The molecule has 0 bridgehead atoms. The summed E-state index contributed by atoms with van der Waals surface area (Å²) in [6.07, 6.45) is -1.60. The Balaban J connectivity index is 0.00000784. The van der Waals surface area contributed by atoms with Gasteiger partial charge in [-0.1, -0.05) is 13.8 Å². The third-order valence-corrected chi connectivity index (χ3v) is 3.90. The maximum Gasteiger partial charge on any atom is 0.421 e. The van der Waals surface area contributed by atoms with E-state index in [4.69, 9.17) is 4.74 Å². The number of hydrogen-bond donors (Lipinski definition) is 3. The maximum atomic E-state index is 12.9. The normalized spacial score (nSPS) is 13.0. The number of guanidine groups is 1. The average molecular weight is 532 g/mol. The molecule has 0 aliphatic carbocycles. The molecule has 0 saturated carbocycles. The van der Waals surface area contributed by atoms with Crippen LogP contribution < -0.4 is 15.4 Å². The number of aliphatic hydroxyl groups is 1. The maximum absolute atomic E-state index is 12.9. The summed E-state index contributed by atoms with van der Waals surface area (Å²) in [5.74, 6) is 0.921. The van der Waals surface area contributed by atoms with Crippen molar-refractivity contribution in [3.8, 4) is 5.88 Å². The molecule has 3 N–H and O–H groups in total. The minimum absolute atomic E-state index is 0. The first kappa shape index (κ1) is 27.7. The van der Waals surface area contributed by atoms with Crippen LogP contribution in [0, 0.1) is 11.8 Å². The van der Waals surface area contributed by atoms with Crippen LogP contribution in [-0.4, -0.2) is 48.9 Å². The molecule has 10 heteroatoms. The van der Waals surface area contributed by atoms with Crippen LogP contribution in [0.5, 0.6) is 5.88 Å². The number of ether oxygens (including phenoxy) is 1. The smallest absolute Gasteiger partial charge is 0.421 e. The van der Waals surface area contributed by atoms with Crippen LogP contribution in [-0.2, 0) is 6.18 Å². The number of pyridine rings is 1. The average Bonchev–Trinajstić information content (AvgIpc) is 2.62. The zero-order chi connectivity index (χ0) is 21.0. The van der Waals surface area contributed by atoms with E-state index in [1.165, 1.54) is 12.3 Å². The standard InChI is InChI=1S/C19H31F3N4O2.HI/c1-4-23-18(26-13-15(7-10-27)12-14(2)3)25-9-11-28-17-16(19(20,21)22)6-5-8-24-17;/h5-6,8,14-15,27H,4,7,9-13H2,1-3H3,(H2,23,25,26);1H. The molecule has 1 unspecified atom stereocenters. The third-order valence-electron chi connectivity index (χ3n) is 3.90. The Morgan fingerprint density at radius 3 is 2.62 bits per heavy atom. The van der Waals surface area contributed by atoms with Gasteiger partial charge in [-0.2, -0.15) is 13.2 Å². The summed E-state index contributed by atoms with van der Waals surface area (Å²) in [5.41, 5.74) is -0.892. The Morgan fingerprint density at radius 2 is 2.03 bits per heavy atom. The molecule has 0 aromatic carbocycles. The van der Waals surface area contributed by atoms with E-state index in [9.17, 15) is 18.3 Å². The van der Waals surface area contributed by atoms with Gasteiger partial charge < -0.3 is 20.5 Å². The highest BCUT2D eigenvalue weighted by Gasteiger charge is 2.34. The summed E-state index contributed by atoms with van der Waals surface area (Å²) in [6, 6.07) is 2.17. The van der Waals surface area contributed by atoms with Gasteiger partial charge in [-0.25, -0.2) is 4.98 Å². The van der Waals surface area contributed by atoms with E-state index < -0.39 is 17.6 Å². The number of aliphatic hydroxyl groups excluding tert-OH is 1. The first-order chi connectivity index (χ1) is 13.3. The number of rotatable bonds is 11. The molecule has 0 aliphatic heterocycles. The van der Waals surface area contributed by atoms with Gasteiger partial charge in [-0.3, -0.25) is 4.99 Å². The van der Waals surface area contributed by atoms with Crippen molar-refractivity contribution >= 4 is 29.9 Å². The van der Waals surface area contributed by atoms with Crippen LogP contribution in [0.4, 0.5) is 13.2 Å². The predicted octanol–water partition coefficient (Wildman–Crippen LogP) is 3.70. The summed E-state index contributed by atoms with van der Waals surface area (Å²) in [6.45, 7) is 7.80. The number of aliphatic imine (C=N–C) groups is 1. The number of aromatic nitrogens is 1. The van der Waals surface area contributed by atoms with E-state index in [0.717, 1.165) is 12.5 Å². The molecule has 0 fully saturated rings. The molecule has 0 spiro atoms. The van der Waals surface area contributed by atoms with Gasteiger partial charge in [0, 0.05) is 25.9 Å². The lowest BCUT2D eigenvalue weighted by Gasteiger charge is -2.18. The predicted molar refractivity (Wildman–Crippen MR) is 119 cm³/mol. The van der Waals surface area contributed by atoms with E-state index in [2.05, 4.69) is 34.5 Å². The fourth-order valence-corrected chi connectivity index (χ4v) is 2.73. The molecular weight excluding hydrogens is 500 g/mol. The molecule has 1 heterocycles. The zero-order valence-electron chi connectivity index (χ0n) is 17.1. The number of nitrogens with one attached hydrogen (secondary N) is 2. The topological polar surface area (TPSA) is 78.8 Å². The lowest BCUT2D eigenvalue weighted by Crippen LogP contribution is -2.39. The van der Waals surface area contributed by atoms with Gasteiger partial charge >= 0.3 is 6.18 Å². The minimum Gasteiger partial charge on any atom is -0.475 e. The fraction of sp³-hybridized carbons (Fsp3) is 0.684. The van der Waals surface area contributed by atoms with Crippen LogP contribution in [0.15, 0.2) is 23.3 Å². The van der Waals surface area contributed by atoms with Crippen molar-refractivity contribution < 1.29 is 23.0 Å². The van der Waals surface area contributed by atoms with Gasteiger partial charge in [0.05, 0.1) is 6.54 Å². The molecular formula is C19H32F3IN4O2. The van der Waals surface area contributed by atoms with Gasteiger partial charge in [0.15, 0.2) is 5.96 Å². The number of hydrogen-bond acceptors (Lipinski definition) is 4. The molecule has 6 nitrogen and oxygen atoms in total. The van der Waals surface area contributed by atoms with Crippen LogP contribution in [0.1, 0.15) is 39.2 Å². The Labute approximate surface area is 187 Å². The molecule has 0 amide bonds. The van der Waals surface area contributed by atoms with E-state index in [1.54, 1.807) is 0 Å². The monoisotopic (exact) mass is 532 g/mol. The highest BCUT2D eigenvalue weighted by Crippen LogP contribution is 2.34. The van der Waals surface area contributed by atoms with Gasteiger partial charge in [-0.05, 0) is 43.7 Å². The van der Waals surface area contributed by atoms with Gasteiger partial charge in [0.25, 0.3) is 0 Å². The van der Waals surface area contributed by atoms with Crippen molar-refractivity contribution in [1.29, 1.82) is 0 Å². The van der Waals surface area contributed by atoms with E-state index in [0.29, 0.717) is 31.4 Å². The number of alkyl halides is 3. The number of halogens is 4. The molecule has 1 aromatic rings. The van der Waals surface area contributed by atoms with Crippen molar-refractivity contribution in [2.45, 2.75) is 39.8 Å². The zero-order valence-corrected chi connectivity index (χ0v) is 19.5. The molecule has 0 saturated heterocycles. The lowest BCUT2D eigenvalue weighted by atomic mass is 9.94. The minimum atomic E-state index is -4.51. The molecule has 29 heavy (non-hydrogen) atoms. The van der Waals surface area contributed by atoms with Crippen molar-refractivity contribution in [2.24, 2.45) is 16.8 Å². The second-order valence-electron chi connectivity index (χ2n) is 6.86. The van der Waals surface area contributed by atoms with Crippen molar-refractivity contribution in [1.82, 2.24) is 15.6 Å². The van der Waals surface area contributed by atoms with Crippen molar-refractivity contribution in [3.05, 3.63) is 23.9 Å². The molecule has 1 atom stereocenters. The Bertz CT molecular complexity index is 601. The quantitative estimate of drug-likeness (QED) is 0.175. The van der Waals surface area contributed by atoms with Gasteiger partial charge in [0.1, 0.15) is 12.2 Å². The van der Waals surface area contributed by atoms with Crippen LogP contribution in [0.25, 0.3) is 0 Å². The summed E-state index contributed by atoms with van der Waals surface area (Å²) in [4.78, 5) is 8.19. The van der Waals surface area contributed by atoms with E-state index in [-0.39, 0.29) is 49.7 Å². The second kappa shape index (κ2) is 14.6. The molecule has 0 aliphatic rings. The number of nitrogens with zero attached hydrogens (tertiary/aromatic N) is 2. The molecule has 168 valence electrons. The summed E-state index contributed by atoms with van der Waals surface area (Å²) >= 11 is 0.